The molecular formula is C13H5Cl2F3N2. The smallest absolute Gasteiger partial charge is 0.235 e. The van der Waals surface area contributed by atoms with Crippen LogP contribution in [0.4, 0.5) is 13.2 Å². The predicted octanol–water partition coefficient (Wildman–Crippen LogP) is 4.95. The van der Waals surface area contributed by atoms with E-state index in [1.807, 2.05) is 0 Å². The Labute approximate surface area is 122 Å². The zero-order chi connectivity index (χ0) is 14.9. The predicted molar refractivity (Wildman–Crippen MR) is 69.4 cm³/mol. The topological polar surface area (TPSA) is 36.7 Å². The summed E-state index contributed by atoms with van der Waals surface area (Å²) in [5.74, 6) is 0. The van der Waals surface area contributed by atoms with Gasteiger partial charge in [-0.15, -0.1) is 0 Å². The molecule has 0 saturated carbocycles. The average Bonchev–Trinajstić information content (AvgIpc) is 2.37. The number of rotatable bonds is 1. The summed E-state index contributed by atoms with van der Waals surface area (Å²) in [7, 11) is 0. The highest BCUT2D eigenvalue weighted by atomic mass is 35.5. The fourth-order valence-electron chi connectivity index (χ4n) is 1.61. The third kappa shape index (κ3) is 2.87. The maximum atomic E-state index is 12.9. The molecule has 0 aliphatic carbocycles. The fraction of sp³-hybridized carbons (Fsp3) is 0.0769. The monoisotopic (exact) mass is 316 g/mol. The van der Waals surface area contributed by atoms with Gasteiger partial charge in [0.2, 0.25) is 0 Å². The maximum absolute atomic E-state index is 12.9. The van der Waals surface area contributed by atoms with E-state index in [-0.39, 0.29) is 5.69 Å². The van der Waals surface area contributed by atoms with Gasteiger partial charge in [0.15, 0.2) is 0 Å². The third-order valence-electron chi connectivity index (χ3n) is 2.53. The maximum Gasteiger partial charge on any atom is 0.417 e. The molecule has 0 unspecified atom stereocenters. The van der Waals surface area contributed by atoms with Gasteiger partial charge in [0, 0.05) is 10.6 Å². The largest absolute Gasteiger partial charge is 0.417 e. The van der Waals surface area contributed by atoms with Crippen molar-refractivity contribution >= 4 is 23.2 Å². The van der Waals surface area contributed by atoms with Crippen LogP contribution in [0.3, 0.4) is 0 Å². The lowest BCUT2D eigenvalue weighted by atomic mass is 10.1. The van der Waals surface area contributed by atoms with Crippen LogP contribution in [0.25, 0.3) is 11.3 Å². The van der Waals surface area contributed by atoms with E-state index < -0.39 is 22.5 Å². The first-order valence-electron chi connectivity index (χ1n) is 5.26. The molecule has 0 saturated heterocycles. The van der Waals surface area contributed by atoms with E-state index in [2.05, 4.69) is 4.98 Å². The van der Waals surface area contributed by atoms with Crippen molar-refractivity contribution in [3.63, 3.8) is 0 Å². The first kappa shape index (κ1) is 14.6. The standard InChI is InChI=1S/C13H5Cl2F3N2/c14-8-3-1-7(2-4-8)11-5-10(13(16,17)18)9(6-19)12(15)20-11/h1-5H. The van der Waals surface area contributed by atoms with Gasteiger partial charge in [0.1, 0.15) is 16.8 Å². The summed E-state index contributed by atoms with van der Waals surface area (Å²) >= 11 is 11.4. The second-order valence-corrected chi connectivity index (χ2v) is 4.63. The molecule has 0 bridgehead atoms. The van der Waals surface area contributed by atoms with Crippen LogP contribution in [-0.4, -0.2) is 4.98 Å². The summed E-state index contributed by atoms with van der Waals surface area (Å²) in [6.07, 6.45) is -4.68. The summed E-state index contributed by atoms with van der Waals surface area (Å²) < 4.78 is 38.7. The molecule has 0 radical (unpaired) electrons. The summed E-state index contributed by atoms with van der Waals surface area (Å²) in [4.78, 5) is 3.82. The lowest BCUT2D eigenvalue weighted by Gasteiger charge is -2.11. The molecule has 0 aliphatic heterocycles. The highest BCUT2D eigenvalue weighted by Crippen LogP contribution is 2.36. The summed E-state index contributed by atoms with van der Waals surface area (Å²) in [6, 6.07) is 8.32. The van der Waals surface area contributed by atoms with Crippen LogP contribution in [0.1, 0.15) is 11.1 Å². The number of benzene rings is 1. The molecule has 2 rings (SSSR count). The molecule has 1 aromatic carbocycles. The summed E-state index contributed by atoms with van der Waals surface area (Å²) in [5, 5.41) is 8.74. The number of nitriles is 1. The van der Waals surface area contributed by atoms with Crippen LogP contribution in [0, 0.1) is 11.3 Å². The minimum atomic E-state index is -4.68. The van der Waals surface area contributed by atoms with Crippen molar-refractivity contribution < 1.29 is 13.2 Å². The molecule has 0 spiro atoms. The Morgan fingerprint density at radius 3 is 2.20 bits per heavy atom. The van der Waals surface area contributed by atoms with Gasteiger partial charge in [-0.05, 0) is 18.2 Å². The molecule has 2 nitrogen and oxygen atoms in total. The summed E-state index contributed by atoms with van der Waals surface area (Å²) in [5.41, 5.74) is -1.34. The van der Waals surface area contributed by atoms with Crippen LogP contribution < -0.4 is 0 Å². The number of aromatic nitrogens is 1. The zero-order valence-electron chi connectivity index (χ0n) is 9.67. The molecule has 1 aromatic heterocycles. The number of alkyl halides is 3. The average molecular weight is 317 g/mol. The van der Waals surface area contributed by atoms with Gasteiger partial charge in [-0.2, -0.15) is 18.4 Å². The van der Waals surface area contributed by atoms with Crippen LogP contribution in [0.15, 0.2) is 30.3 Å². The van der Waals surface area contributed by atoms with Crippen molar-refractivity contribution in [2.24, 2.45) is 0 Å². The first-order valence-corrected chi connectivity index (χ1v) is 6.02. The van der Waals surface area contributed by atoms with Crippen LogP contribution in [0.5, 0.6) is 0 Å². The molecule has 0 amide bonds. The van der Waals surface area contributed by atoms with Crippen molar-refractivity contribution in [2.45, 2.75) is 6.18 Å². The third-order valence-corrected chi connectivity index (χ3v) is 3.06. The minimum Gasteiger partial charge on any atom is -0.235 e. The van der Waals surface area contributed by atoms with E-state index in [9.17, 15) is 13.2 Å². The van der Waals surface area contributed by atoms with E-state index in [1.54, 1.807) is 0 Å². The number of hydrogen-bond acceptors (Lipinski definition) is 2. The second-order valence-electron chi connectivity index (χ2n) is 3.84. The van der Waals surface area contributed by atoms with Gasteiger partial charge in [-0.1, -0.05) is 35.3 Å². The Balaban J connectivity index is 2.66. The van der Waals surface area contributed by atoms with Gasteiger partial charge in [0.05, 0.1) is 11.3 Å². The fourth-order valence-corrected chi connectivity index (χ4v) is 1.97. The van der Waals surface area contributed by atoms with Crippen molar-refractivity contribution in [1.29, 1.82) is 5.26 Å². The van der Waals surface area contributed by atoms with E-state index in [0.29, 0.717) is 10.6 Å². The van der Waals surface area contributed by atoms with E-state index >= 15 is 0 Å². The Kier molecular flexibility index (Phi) is 3.89. The van der Waals surface area contributed by atoms with Gasteiger partial charge < -0.3 is 0 Å². The SMILES string of the molecule is N#Cc1c(C(F)(F)F)cc(-c2ccc(Cl)cc2)nc1Cl. The number of hydrogen-bond donors (Lipinski definition) is 0. The lowest BCUT2D eigenvalue weighted by Crippen LogP contribution is -2.09. The molecule has 0 N–H and O–H groups in total. The van der Waals surface area contributed by atoms with Gasteiger partial charge >= 0.3 is 6.18 Å². The molecule has 102 valence electrons. The Morgan fingerprint density at radius 2 is 1.70 bits per heavy atom. The quantitative estimate of drug-likeness (QED) is 0.698. The number of nitrogens with zero attached hydrogens (tertiary/aromatic N) is 2. The minimum absolute atomic E-state index is 0.0259. The molecule has 2 aromatic rings. The number of halogens is 5. The molecule has 0 aliphatic rings. The molecular weight excluding hydrogens is 312 g/mol. The van der Waals surface area contributed by atoms with E-state index in [4.69, 9.17) is 28.5 Å². The lowest BCUT2D eigenvalue weighted by molar-refractivity contribution is -0.137. The number of pyridine rings is 1. The van der Waals surface area contributed by atoms with Crippen molar-refractivity contribution in [3.8, 4) is 17.3 Å². The molecule has 1 heterocycles. The van der Waals surface area contributed by atoms with E-state index in [1.165, 1.54) is 30.3 Å². The van der Waals surface area contributed by atoms with Crippen LogP contribution in [-0.2, 0) is 6.18 Å². The molecule has 0 atom stereocenters. The zero-order valence-corrected chi connectivity index (χ0v) is 11.2. The van der Waals surface area contributed by atoms with Crippen molar-refractivity contribution in [2.75, 3.05) is 0 Å². The Morgan fingerprint density at radius 1 is 1.10 bits per heavy atom. The van der Waals surface area contributed by atoms with Gasteiger partial charge in [-0.25, -0.2) is 4.98 Å². The van der Waals surface area contributed by atoms with Gasteiger partial charge in [0.25, 0.3) is 0 Å². The van der Waals surface area contributed by atoms with Gasteiger partial charge in [-0.3, -0.25) is 0 Å². The van der Waals surface area contributed by atoms with Crippen molar-refractivity contribution in [3.05, 3.63) is 51.6 Å². The highest BCUT2D eigenvalue weighted by Gasteiger charge is 2.35. The van der Waals surface area contributed by atoms with Crippen LogP contribution in [0.2, 0.25) is 10.2 Å². The molecule has 7 heteroatoms. The second kappa shape index (κ2) is 5.31. The van der Waals surface area contributed by atoms with Crippen LogP contribution >= 0.6 is 23.2 Å². The normalized spacial score (nSPS) is 11.2. The summed E-state index contributed by atoms with van der Waals surface area (Å²) in [6.45, 7) is 0. The Hall–Kier alpha value is -1.77. The molecule has 0 fully saturated rings. The highest BCUT2D eigenvalue weighted by molar-refractivity contribution is 6.31. The van der Waals surface area contributed by atoms with Crippen molar-refractivity contribution in [1.82, 2.24) is 4.98 Å². The first-order chi connectivity index (χ1) is 9.32. The Bertz CT molecular complexity index is 688. The molecule has 20 heavy (non-hydrogen) atoms. The van der Waals surface area contributed by atoms with E-state index in [0.717, 1.165) is 6.07 Å².